The van der Waals surface area contributed by atoms with Crippen molar-refractivity contribution in [2.45, 2.75) is 32.0 Å². The van der Waals surface area contributed by atoms with Crippen LogP contribution in [0.25, 0.3) is 0 Å². The van der Waals surface area contributed by atoms with Crippen LogP contribution >= 0.6 is 11.6 Å². The van der Waals surface area contributed by atoms with Gasteiger partial charge in [0.1, 0.15) is 0 Å². The van der Waals surface area contributed by atoms with Gasteiger partial charge in [0.15, 0.2) is 0 Å². The maximum absolute atomic E-state index is 10.0. The molecule has 1 atom stereocenters. The Morgan fingerprint density at radius 1 is 1.28 bits per heavy atom. The summed E-state index contributed by atoms with van der Waals surface area (Å²) in [5, 5.41) is 20.4. The molecule has 0 aliphatic heterocycles. The summed E-state index contributed by atoms with van der Waals surface area (Å²) < 4.78 is 0. The van der Waals surface area contributed by atoms with Gasteiger partial charge >= 0.3 is 0 Å². The van der Waals surface area contributed by atoms with Gasteiger partial charge in [-0.1, -0.05) is 23.7 Å². The number of hydrogen-bond donors (Lipinski definition) is 2. The van der Waals surface area contributed by atoms with Crippen LogP contribution in [0.4, 0.5) is 0 Å². The largest absolute Gasteiger partial charge is 0.389 e. The molecule has 1 aromatic carbocycles. The minimum Gasteiger partial charge on any atom is -0.389 e. The van der Waals surface area contributed by atoms with Crippen LogP contribution in [-0.2, 0) is 0 Å². The molecule has 4 heteroatoms. The Morgan fingerprint density at radius 3 is 2.33 bits per heavy atom. The Hall–Kier alpha value is -0.610. The number of nitrogens with zero attached hydrogens (tertiary/aromatic N) is 1. The third-order valence-corrected chi connectivity index (χ3v) is 2.95. The second-order valence-electron chi connectivity index (χ2n) is 5.41. The van der Waals surface area contributed by atoms with E-state index in [1.54, 1.807) is 26.0 Å². The third kappa shape index (κ3) is 5.83. The zero-order valence-corrected chi connectivity index (χ0v) is 12.0. The maximum Gasteiger partial charge on any atom is 0.0802 e. The topological polar surface area (TPSA) is 43.7 Å². The van der Waals surface area contributed by atoms with Crippen molar-refractivity contribution in [3.8, 4) is 0 Å². The zero-order chi connectivity index (χ0) is 13.8. The summed E-state index contributed by atoms with van der Waals surface area (Å²) in [6.45, 7) is 4.87. The average molecular weight is 272 g/mol. The molecule has 0 aliphatic carbocycles. The number of likely N-dealkylation sites (N-methyl/N-ethyl adjacent to an activating group) is 1. The van der Waals surface area contributed by atoms with Gasteiger partial charge in [0.25, 0.3) is 0 Å². The lowest BCUT2D eigenvalue weighted by molar-refractivity contribution is 0.0393. The van der Waals surface area contributed by atoms with Gasteiger partial charge in [0.2, 0.25) is 0 Å². The first kappa shape index (κ1) is 15.4. The number of benzene rings is 1. The van der Waals surface area contributed by atoms with Crippen molar-refractivity contribution >= 4 is 11.6 Å². The van der Waals surface area contributed by atoms with Crippen LogP contribution in [0.3, 0.4) is 0 Å². The molecule has 0 aliphatic rings. The maximum atomic E-state index is 10.0. The fourth-order valence-corrected chi connectivity index (χ4v) is 2.06. The Balaban J connectivity index is 2.41. The summed E-state index contributed by atoms with van der Waals surface area (Å²) >= 11 is 5.80. The molecule has 2 N–H and O–H groups in total. The van der Waals surface area contributed by atoms with E-state index in [1.807, 2.05) is 24.1 Å². The second kappa shape index (κ2) is 6.53. The molecule has 0 amide bonds. The van der Waals surface area contributed by atoms with Gasteiger partial charge in [0.05, 0.1) is 11.7 Å². The van der Waals surface area contributed by atoms with Gasteiger partial charge in [-0.15, -0.1) is 0 Å². The fourth-order valence-electron chi connectivity index (χ4n) is 1.93. The summed E-state index contributed by atoms with van der Waals surface area (Å²) in [6, 6.07) is 7.23. The highest BCUT2D eigenvalue weighted by Gasteiger charge is 2.16. The standard InChI is InChI=1S/C14H22ClNO2/c1-14(2,18)10-16(3)9-8-13(17)11-4-6-12(15)7-5-11/h4-7,13,17-18H,8-10H2,1-3H3. The summed E-state index contributed by atoms with van der Waals surface area (Å²) in [5.74, 6) is 0. The molecule has 1 unspecified atom stereocenters. The van der Waals surface area contributed by atoms with Crippen LogP contribution in [0.1, 0.15) is 31.9 Å². The first-order valence-corrected chi connectivity index (χ1v) is 6.50. The van der Waals surface area contributed by atoms with Gasteiger partial charge in [0, 0.05) is 18.1 Å². The normalized spacial score (nSPS) is 13.9. The molecule has 0 bridgehead atoms. The molecule has 0 fully saturated rings. The Morgan fingerprint density at radius 2 is 1.83 bits per heavy atom. The molecule has 0 spiro atoms. The lowest BCUT2D eigenvalue weighted by Gasteiger charge is -2.26. The van der Waals surface area contributed by atoms with Crippen LogP contribution in [0.15, 0.2) is 24.3 Å². The smallest absolute Gasteiger partial charge is 0.0802 e. The van der Waals surface area contributed by atoms with E-state index >= 15 is 0 Å². The van der Waals surface area contributed by atoms with Crippen LogP contribution in [-0.4, -0.2) is 40.9 Å². The number of aliphatic hydroxyl groups excluding tert-OH is 1. The molecule has 1 aromatic rings. The van der Waals surface area contributed by atoms with E-state index in [9.17, 15) is 10.2 Å². The lowest BCUT2D eigenvalue weighted by Crippen LogP contribution is -2.37. The van der Waals surface area contributed by atoms with E-state index in [4.69, 9.17) is 11.6 Å². The lowest BCUT2D eigenvalue weighted by atomic mass is 10.1. The predicted octanol–water partition coefficient (Wildman–Crippen LogP) is 2.47. The van der Waals surface area contributed by atoms with Gasteiger partial charge in [-0.3, -0.25) is 0 Å². The minimum absolute atomic E-state index is 0.494. The SMILES string of the molecule is CN(CCC(O)c1ccc(Cl)cc1)CC(C)(C)O. The zero-order valence-electron chi connectivity index (χ0n) is 11.2. The van der Waals surface area contributed by atoms with E-state index in [2.05, 4.69) is 0 Å². The van der Waals surface area contributed by atoms with Gasteiger partial charge < -0.3 is 15.1 Å². The first-order valence-electron chi connectivity index (χ1n) is 6.12. The number of rotatable bonds is 6. The van der Waals surface area contributed by atoms with Crippen molar-refractivity contribution in [1.82, 2.24) is 4.90 Å². The van der Waals surface area contributed by atoms with Crippen molar-refractivity contribution in [3.63, 3.8) is 0 Å². The molecule has 1 rings (SSSR count). The summed E-state index contributed by atoms with van der Waals surface area (Å²) in [4.78, 5) is 2.01. The van der Waals surface area contributed by atoms with E-state index in [0.29, 0.717) is 18.0 Å². The van der Waals surface area contributed by atoms with Crippen LogP contribution < -0.4 is 0 Å². The van der Waals surface area contributed by atoms with E-state index in [0.717, 1.165) is 12.1 Å². The van der Waals surface area contributed by atoms with Crippen LogP contribution in [0.5, 0.6) is 0 Å². The van der Waals surface area contributed by atoms with Crippen molar-refractivity contribution in [2.75, 3.05) is 20.1 Å². The van der Waals surface area contributed by atoms with Crippen molar-refractivity contribution < 1.29 is 10.2 Å². The van der Waals surface area contributed by atoms with Crippen molar-refractivity contribution in [1.29, 1.82) is 0 Å². The predicted molar refractivity (Wildman–Crippen MR) is 74.8 cm³/mol. The van der Waals surface area contributed by atoms with E-state index in [1.165, 1.54) is 0 Å². The first-order chi connectivity index (χ1) is 8.28. The van der Waals surface area contributed by atoms with Gasteiger partial charge in [-0.25, -0.2) is 0 Å². The molecule has 0 saturated carbocycles. The number of halogens is 1. The van der Waals surface area contributed by atoms with Gasteiger partial charge in [-0.2, -0.15) is 0 Å². The summed E-state index contributed by atoms with van der Waals surface area (Å²) in [7, 11) is 1.94. The van der Waals surface area contributed by atoms with Crippen LogP contribution in [0, 0.1) is 0 Å². The Labute approximate surface area is 114 Å². The highest BCUT2D eigenvalue weighted by molar-refractivity contribution is 6.30. The molecule has 102 valence electrons. The number of aliphatic hydroxyl groups is 2. The molecule has 0 heterocycles. The molecule has 0 saturated heterocycles. The fraction of sp³-hybridized carbons (Fsp3) is 0.571. The molecule has 0 radical (unpaired) electrons. The van der Waals surface area contributed by atoms with Crippen molar-refractivity contribution in [3.05, 3.63) is 34.9 Å². The highest BCUT2D eigenvalue weighted by Crippen LogP contribution is 2.19. The molecule has 18 heavy (non-hydrogen) atoms. The highest BCUT2D eigenvalue weighted by atomic mass is 35.5. The van der Waals surface area contributed by atoms with E-state index in [-0.39, 0.29) is 0 Å². The minimum atomic E-state index is -0.708. The molecular weight excluding hydrogens is 250 g/mol. The van der Waals surface area contributed by atoms with Crippen LogP contribution in [0.2, 0.25) is 5.02 Å². The average Bonchev–Trinajstić information content (AvgIpc) is 2.24. The molecule has 0 aromatic heterocycles. The Bertz CT molecular complexity index is 359. The van der Waals surface area contributed by atoms with E-state index < -0.39 is 11.7 Å². The van der Waals surface area contributed by atoms with Crippen molar-refractivity contribution in [2.24, 2.45) is 0 Å². The third-order valence-electron chi connectivity index (χ3n) is 2.70. The summed E-state index contributed by atoms with van der Waals surface area (Å²) in [6.07, 6.45) is 0.139. The monoisotopic (exact) mass is 271 g/mol. The molecule has 3 nitrogen and oxygen atoms in total. The summed E-state index contributed by atoms with van der Waals surface area (Å²) in [5.41, 5.74) is 0.163. The quantitative estimate of drug-likeness (QED) is 0.835. The van der Waals surface area contributed by atoms with Gasteiger partial charge in [-0.05, 0) is 45.0 Å². The molecular formula is C14H22ClNO2. The Kier molecular flexibility index (Phi) is 5.60. The second-order valence-corrected chi connectivity index (χ2v) is 5.84. The number of hydrogen-bond acceptors (Lipinski definition) is 3.